The first kappa shape index (κ1) is 29.1. The molecule has 0 spiro atoms. The van der Waals surface area contributed by atoms with Crippen molar-refractivity contribution in [3.8, 4) is 23.4 Å². The van der Waals surface area contributed by atoms with E-state index in [4.69, 9.17) is 15.7 Å². The van der Waals surface area contributed by atoms with Crippen LogP contribution in [0.15, 0.2) is 48.9 Å². The quantitative estimate of drug-likeness (QED) is 0.306. The molecule has 1 fully saturated rings. The van der Waals surface area contributed by atoms with Gasteiger partial charge in [0.05, 0.1) is 59.7 Å². The molecule has 0 aliphatic carbocycles. The lowest BCUT2D eigenvalue weighted by atomic mass is 9.85. The summed E-state index contributed by atoms with van der Waals surface area (Å²) in [6.07, 6.45) is 5.73. The highest BCUT2D eigenvalue weighted by Gasteiger charge is 2.34. The number of nitriles is 2. The Morgan fingerprint density at radius 1 is 1.12 bits per heavy atom. The van der Waals surface area contributed by atoms with Crippen molar-refractivity contribution in [1.82, 2.24) is 19.6 Å². The fraction of sp³-hybridized carbons (Fsp3) is 0.387. The van der Waals surface area contributed by atoms with Crippen LogP contribution in [0.2, 0.25) is 0 Å². The first-order valence-electron chi connectivity index (χ1n) is 13.8. The van der Waals surface area contributed by atoms with E-state index in [1.807, 2.05) is 6.07 Å². The van der Waals surface area contributed by atoms with Gasteiger partial charge < -0.3 is 15.4 Å². The summed E-state index contributed by atoms with van der Waals surface area (Å²) >= 11 is 0. The van der Waals surface area contributed by atoms with Crippen molar-refractivity contribution in [2.45, 2.75) is 51.2 Å². The fourth-order valence-electron chi connectivity index (χ4n) is 5.50. The molecule has 4 aromatic rings. The normalized spacial score (nSPS) is 19.0. The maximum Gasteiger partial charge on any atom is 0.135 e. The van der Waals surface area contributed by atoms with Crippen molar-refractivity contribution < 1.29 is 13.5 Å². The van der Waals surface area contributed by atoms with E-state index in [0.717, 1.165) is 11.3 Å². The Kier molecular flexibility index (Phi) is 8.17. The van der Waals surface area contributed by atoms with Crippen molar-refractivity contribution >= 4 is 11.2 Å². The van der Waals surface area contributed by atoms with E-state index in [2.05, 4.69) is 39.0 Å². The van der Waals surface area contributed by atoms with Crippen molar-refractivity contribution in [2.24, 2.45) is 11.7 Å². The summed E-state index contributed by atoms with van der Waals surface area (Å²) in [5, 5.41) is 22.8. The molecule has 5 rings (SSSR count). The summed E-state index contributed by atoms with van der Waals surface area (Å²) in [6.45, 7) is 6.94. The average Bonchev–Trinajstić information content (AvgIpc) is 3.36. The molecule has 1 aliphatic heterocycles. The molecule has 4 heterocycles. The number of hydrogen-bond acceptors (Lipinski definition) is 8. The molecule has 9 nitrogen and oxygen atoms in total. The van der Waals surface area contributed by atoms with Crippen LogP contribution in [-0.2, 0) is 16.6 Å². The number of nitrogens with two attached hydrogens (primary N) is 1. The first-order chi connectivity index (χ1) is 20.1. The number of anilines is 1. The van der Waals surface area contributed by atoms with Gasteiger partial charge in [0.1, 0.15) is 17.5 Å². The van der Waals surface area contributed by atoms with E-state index in [1.54, 1.807) is 49.1 Å². The van der Waals surface area contributed by atoms with Crippen LogP contribution in [0.4, 0.5) is 14.5 Å². The lowest BCUT2D eigenvalue weighted by Crippen LogP contribution is -2.57. The van der Waals surface area contributed by atoms with Crippen LogP contribution in [-0.4, -0.2) is 51.4 Å². The van der Waals surface area contributed by atoms with Crippen molar-refractivity contribution in [3.63, 3.8) is 0 Å². The molecule has 0 amide bonds. The van der Waals surface area contributed by atoms with Gasteiger partial charge >= 0.3 is 0 Å². The van der Waals surface area contributed by atoms with Gasteiger partial charge in [0.25, 0.3) is 0 Å². The molecule has 0 bridgehead atoms. The van der Waals surface area contributed by atoms with Crippen LogP contribution >= 0.6 is 0 Å². The summed E-state index contributed by atoms with van der Waals surface area (Å²) < 4.78 is 37.9. The highest BCUT2D eigenvalue weighted by atomic mass is 19.1. The van der Waals surface area contributed by atoms with Gasteiger partial charge in [0.15, 0.2) is 0 Å². The molecule has 0 unspecified atom stereocenters. The van der Waals surface area contributed by atoms with E-state index in [1.165, 1.54) is 12.1 Å². The molecule has 1 aliphatic rings. The molecule has 11 heteroatoms. The molecule has 3 aromatic heterocycles. The van der Waals surface area contributed by atoms with Crippen LogP contribution in [0.3, 0.4) is 0 Å². The number of imidazole rings is 1. The van der Waals surface area contributed by atoms with Crippen LogP contribution in [0.1, 0.15) is 44.1 Å². The van der Waals surface area contributed by atoms with Gasteiger partial charge in [-0.25, -0.2) is 18.3 Å². The Bertz CT molecular complexity index is 1650. The summed E-state index contributed by atoms with van der Waals surface area (Å²) in [5.74, 6) is -0.861. The molecule has 2 N–H and O–H groups in total. The second-order valence-corrected chi connectivity index (χ2v) is 11.3. The standard InChI is InChI=1S/C31H32F2N8O/c1-19-16-40(17-25(36)30(19)42-10-4-8-34)27-7-9-37-14-20(27)11-28-38-15-22-5-6-26(39-41(22)28)29-23(32)12-21(13-24(29)33)31(2,3)18-35/h5-7,9,12-15,19,25,30H,4,10-11,16-17,36H2,1-3H3/t19-,25+,30-/m0/s1. The molecule has 1 saturated heterocycles. The SMILES string of the molecule is C[C@H]1CN(c2ccncc2Cc2ncc3ccc(-c4c(F)cc(C(C)(C)C#N)cc4F)nn23)C[C@@H](N)[C@H]1OCCC#N. The molecular formula is C31H32F2N8O. The molecular weight excluding hydrogens is 538 g/mol. The van der Waals surface area contributed by atoms with E-state index in [0.29, 0.717) is 43.9 Å². The lowest BCUT2D eigenvalue weighted by Gasteiger charge is -2.42. The Morgan fingerprint density at radius 2 is 1.88 bits per heavy atom. The topological polar surface area (TPSA) is 129 Å². The smallest absolute Gasteiger partial charge is 0.135 e. The number of nitrogens with zero attached hydrogens (tertiary/aromatic N) is 7. The minimum absolute atomic E-state index is 0.114. The number of halogens is 2. The zero-order chi connectivity index (χ0) is 30.0. The summed E-state index contributed by atoms with van der Waals surface area (Å²) in [7, 11) is 0. The van der Waals surface area contributed by atoms with Gasteiger partial charge in [-0.15, -0.1) is 0 Å². The number of piperidine rings is 1. The number of aromatic nitrogens is 4. The van der Waals surface area contributed by atoms with Crippen LogP contribution in [0, 0.1) is 40.2 Å². The van der Waals surface area contributed by atoms with Gasteiger partial charge in [0, 0.05) is 55.1 Å². The van der Waals surface area contributed by atoms with Gasteiger partial charge in [0.2, 0.25) is 0 Å². The number of hydrogen-bond donors (Lipinski definition) is 1. The zero-order valence-corrected chi connectivity index (χ0v) is 23.8. The van der Waals surface area contributed by atoms with Crippen molar-refractivity contribution in [2.75, 3.05) is 24.6 Å². The van der Waals surface area contributed by atoms with E-state index >= 15 is 8.78 Å². The molecule has 3 atom stereocenters. The predicted molar refractivity (Wildman–Crippen MR) is 153 cm³/mol. The lowest BCUT2D eigenvalue weighted by molar-refractivity contribution is -0.00335. The van der Waals surface area contributed by atoms with Crippen LogP contribution in [0.25, 0.3) is 16.8 Å². The fourth-order valence-corrected chi connectivity index (χ4v) is 5.50. The monoisotopic (exact) mass is 570 g/mol. The third-order valence-corrected chi connectivity index (χ3v) is 7.77. The number of ether oxygens (including phenoxy) is 1. The van der Waals surface area contributed by atoms with Crippen molar-refractivity contribution in [3.05, 3.63) is 77.5 Å². The largest absolute Gasteiger partial charge is 0.375 e. The Morgan fingerprint density at radius 3 is 2.57 bits per heavy atom. The number of pyridine rings is 1. The van der Waals surface area contributed by atoms with Gasteiger partial charge in [-0.05, 0) is 49.7 Å². The molecule has 0 radical (unpaired) electrons. The summed E-state index contributed by atoms with van der Waals surface area (Å²) in [6, 6.07) is 11.5. The Hall–Kier alpha value is -4.45. The maximum atomic E-state index is 15.2. The minimum Gasteiger partial charge on any atom is -0.375 e. The predicted octanol–water partition coefficient (Wildman–Crippen LogP) is 4.54. The van der Waals surface area contributed by atoms with E-state index < -0.39 is 17.0 Å². The summed E-state index contributed by atoms with van der Waals surface area (Å²) in [4.78, 5) is 11.1. The van der Waals surface area contributed by atoms with Crippen molar-refractivity contribution in [1.29, 1.82) is 10.5 Å². The van der Waals surface area contributed by atoms with Gasteiger partial charge in [-0.2, -0.15) is 15.6 Å². The second-order valence-electron chi connectivity index (χ2n) is 11.3. The third-order valence-electron chi connectivity index (χ3n) is 7.77. The third kappa shape index (κ3) is 5.67. The number of benzene rings is 1. The Labute approximate surface area is 243 Å². The van der Waals surface area contributed by atoms with E-state index in [-0.39, 0.29) is 34.9 Å². The first-order valence-corrected chi connectivity index (χ1v) is 13.8. The number of fused-ring (bicyclic) bond motifs is 1. The van der Waals surface area contributed by atoms with Gasteiger partial charge in [-0.1, -0.05) is 6.92 Å². The van der Waals surface area contributed by atoms with Crippen LogP contribution < -0.4 is 10.6 Å². The molecule has 216 valence electrons. The molecule has 0 saturated carbocycles. The molecule has 1 aromatic carbocycles. The second kappa shape index (κ2) is 11.8. The average molecular weight is 571 g/mol. The van der Waals surface area contributed by atoms with Crippen LogP contribution in [0.5, 0.6) is 0 Å². The van der Waals surface area contributed by atoms with Gasteiger partial charge in [-0.3, -0.25) is 4.98 Å². The van der Waals surface area contributed by atoms with E-state index in [9.17, 15) is 5.26 Å². The number of rotatable bonds is 8. The molecule has 42 heavy (non-hydrogen) atoms. The Balaban J connectivity index is 1.43. The zero-order valence-electron chi connectivity index (χ0n) is 23.8. The minimum atomic E-state index is -1.04. The maximum absolute atomic E-state index is 15.2. The summed E-state index contributed by atoms with van der Waals surface area (Å²) in [5.41, 5.74) is 8.11. The highest BCUT2D eigenvalue weighted by molar-refractivity contribution is 5.64. The highest BCUT2D eigenvalue weighted by Crippen LogP contribution is 2.32.